The number of carbonyl (C=O) groups is 14. The second kappa shape index (κ2) is 36.8. The largest absolute Gasteiger partial charge is 0.481 e. The number of para-hydroxylation sites is 1. The van der Waals surface area contributed by atoms with Crippen LogP contribution in [0, 0.1) is 0 Å². The number of carbonyl (C=O) groups excluding carboxylic acids is 10. The minimum absolute atomic E-state index is 0.0984. The standard InChI is InChI=1S/C58H74N12O19/c59-22-10-9-17-39(52(83)62-29-46(73)64-40(18-20-47(74)75)53(84)63-35(30-71)26-49(78)79)65-57(88)44(25-34-28-61-38-16-8-7-15-36(34)38)69-56(87)43(24-33-13-5-2-6-14-33)68-58(89)45(27-50(80)81)70-54(85)41(19-21-48(76)77)66-55(86)42(67-51(82)37(60)31-72)23-32-11-3-1-4-12-32/h1-8,11-16,28,30,35,37,39-45,61,72H,9-10,17-27,29,31,59-60H2,(H,62,83)(H,63,84)(H,64,73)(H,65,88)(H,66,86)(H,67,82)(H,68,89)(H,69,87)(H,70,85)(H,74,75)(H,76,77)(H,78,79)(H,80,81)/t35-,37-,39-,40-,41-,42-,43-,44-,45-/m0/s1. The summed E-state index contributed by atoms with van der Waals surface area (Å²) >= 11 is 0. The van der Waals surface area contributed by atoms with Gasteiger partial charge in [0.05, 0.1) is 32.0 Å². The van der Waals surface area contributed by atoms with Gasteiger partial charge in [0.2, 0.25) is 53.2 Å². The van der Waals surface area contributed by atoms with Gasteiger partial charge in [-0.2, -0.15) is 0 Å². The highest BCUT2D eigenvalue weighted by Gasteiger charge is 2.36. The van der Waals surface area contributed by atoms with Gasteiger partial charge in [0, 0.05) is 49.2 Å². The molecular formula is C58H74N12O19. The molecule has 0 aliphatic heterocycles. The molecule has 31 nitrogen and oxygen atoms in total. The van der Waals surface area contributed by atoms with Gasteiger partial charge in [-0.25, -0.2) is 0 Å². The first kappa shape index (κ1) is 71.3. The van der Waals surface area contributed by atoms with E-state index in [-0.39, 0.29) is 44.9 Å². The van der Waals surface area contributed by atoms with E-state index in [1.54, 1.807) is 91.1 Å². The van der Waals surface area contributed by atoms with Crippen LogP contribution >= 0.6 is 0 Å². The molecule has 89 heavy (non-hydrogen) atoms. The van der Waals surface area contributed by atoms with Crippen LogP contribution in [0.5, 0.6) is 0 Å². The number of hydrogen-bond acceptors (Lipinski definition) is 17. The first-order chi connectivity index (χ1) is 42.4. The number of nitrogens with two attached hydrogens (primary N) is 2. The van der Waals surface area contributed by atoms with Crippen LogP contribution in [0.1, 0.15) is 74.5 Å². The van der Waals surface area contributed by atoms with Crippen LogP contribution in [0.2, 0.25) is 0 Å². The maximum Gasteiger partial charge on any atom is 0.305 e. The number of aliphatic hydroxyl groups excluding tert-OH is 1. The van der Waals surface area contributed by atoms with Gasteiger partial charge in [0.25, 0.3) is 0 Å². The summed E-state index contributed by atoms with van der Waals surface area (Å²) in [4.78, 5) is 186. The Labute approximate surface area is 508 Å². The van der Waals surface area contributed by atoms with Gasteiger partial charge in [0.15, 0.2) is 0 Å². The number of aromatic nitrogens is 1. The molecule has 4 rings (SSSR count). The predicted molar refractivity (Wildman–Crippen MR) is 313 cm³/mol. The van der Waals surface area contributed by atoms with Gasteiger partial charge in [-0.05, 0) is 61.4 Å². The summed E-state index contributed by atoms with van der Waals surface area (Å²) in [6.45, 7) is -1.50. The highest BCUT2D eigenvalue weighted by Crippen LogP contribution is 2.20. The van der Waals surface area contributed by atoms with Crippen molar-refractivity contribution in [2.75, 3.05) is 19.7 Å². The van der Waals surface area contributed by atoms with E-state index >= 15 is 0 Å². The zero-order valence-corrected chi connectivity index (χ0v) is 48.1. The fourth-order valence-corrected chi connectivity index (χ4v) is 8.93. The molecule has 1 aromatic heterocycles. The van der Waals surface area contributed by atoms with Gasteiger partial charge in [-0.1, -0.05) is 78.9 Å². The number of H-pyrrole nitrogens is 1. The van der Waals surface area contributed by atoms with Crippen molar-refractivity contribution in [3.63, 3.8) is 0 Å². The Hall–Kier alpha value is -10.1. The first-order valence-corrected chi connectivity index (χ1v) is 28.1. The maximum atomic E-state index is 14.8. The summed E-state index contributed by atoms with van der Waals surface area (Å²) < 4.78 is 0. The lowest BCUT2D eigenvalue weighted by atomic mass is 10.0. The number of nitrogens with one attached hydrogen (secondary N) is 10. The molecule has 0 radical (unpaired) electrons. The normalized spacial score (nSPS) is 14.0. The number of aldehydes is 1. The lowest BCUT2D eigenvalue weighted by Gasteiger charge is -2.27. The number of aliphatic hydroxyl groups is 1. The van der Waals surface area contributed by atoms with Crippen molar-refractivity contribution >= 4 is 94.2 Å². The zero-order chi connectivity index (χ0) is 65.6. The molecule has 0 unspecified atom stereocenters. The fraction of sp³-hybridized carbons (Fsp3) is 0.414. The molecule has 0 aliphatic rings. The molecule has 9 atom stereocenters. The van der Waals surface area contributed by atoms with Crippen LogP contribution in [0.15, 0.2) is 91.1 Å². The van der Waals surface area contributed by atoms with Crippen LogP contribution in [0.25, 0.3) is 10.9 Å². The van der Waals surface area contributed by atoms with Gasteiger partial charge >= 0.3 is 23.9 Å². The predicted octanol–water partition coefficient (Wildman–Crippen LogP) is -3.48. The van der Waals surface area contributed by atoms with E-state index in [1.807, 2.05) is 0 Å². The number of carboxylic acids is 4. The summed E-state index contributed by atoms with van der Waals surface area (Å²) in [5.41, 5.74) is 13.5. The number of fused-ring (bicyclic) bond motifs is 1. The third kappa shape index (κ3) is 25.0. The lowest BCUT2D eigenvalue weighted by Crippen LogP contribution is -2.61. The molecule has 0 saturated heterocycles. The topological polar surface area (TPSA) is 516 Å². The van der Waals surface area contributed by atoms with Crippen molar-refractivity contribution in [1.82, 2.24) is 52.8 Å². The zero-order valence-electron chi connectivity index (χ0n) is 48.1. The van der Waals surface area contributed by atoms with Crippen molar-refractivity contribution in [3.05, 3.63) is 108 Å². The minimum Gasteiger partial charge on any atom is -0.481 e. The number of aliphatic carboxylic acids is 4. The number of amides is 9. The van der Waals surface area contributed by atoms with E-state index in [0.717, 1.165) is 0 Å². The smallest absolute Gasteiger partial charge is 0.305 e. The quantitative estimate of drug-likeness (QED) is 0.0152. The van der Waals surface area contributed by atoms with Crippen LogP contribution in [-0.4, -0.2) is 188 Å². The van der Waals surface area contributed by atoms with E-state index < -0.39 is 183 Å². The number of carboxylic acid groups (broad SMARTS) is 4. The first-order valence-electron chi connectivity index (χ1n) is 28.1. The van der Waals surface area contributed by atoms with Gasteiger partial charge in [-0.15, -0.1) is 0 Å². The molecule has 0 saturated carbocycles. The second-order valence-electron chi connectivity index (χ2n) is 20.5. The molecule has 4 aromatic rings. The van der Waals surface area contributed by atoms with E-state index in [1.165, 1.54) is 0 Å². The van der Waals surface area contributed by atoms with Gasteiger partial charge in [0.1, 0.15) is 54.6 Å². The molecule has 19 N–H and O–H groups in total. The Morgan fingerprint density at radius 2 is 0.910 bits per heavy atom. The van der Waals surface area contributed by atoms with Crippen molar-refractivity contribution in [2.24, 2.45) is 11.5 Å². The molecule has 0 aliphatic carbocycles. The molecule has 1 heterocycles. The number of benzene rings is 3. The molecule has 31 heteroatoms. The van der Waals surface area contributed by atoms with Crippen molar-refractivity contribution in [3.8, 4) is 0 Å². The fourth-order valence-electron chi connectivity index (χ4n) is 8.93. The van der Waals surface area contributed by atoms with E-state index in [4.69, 9.17) is 16.6 Å². The lowest BCUT2D eigenvalue weighted by molar-refractivity contribution is -0.142. The van der Waals surface area contributed by atoms with Crippen molar-refractivity contribution < 1.29 is 92.7 Å². The SMILES string of the molecule is NCCCC[C@H](NC(=O)[C@H](Cc1c[nH]c2ccccc12)NC(=O)[C@H](Cc1ccccc1)NC(=O)[C@H](CC(=O)O)NC(=O)[C@H](CCC(=O)O)NC(=O)[C@H](Cc1ccccc1)NC(=O)[C@@H](N)CO)C(=O)NCC(=O)N[C@@H](CCC(=O)O)C(=O)N[C@H](C=O)CC(=O)O. The molecule has 0 bridgehead atoms. The minimum atomic E-state index is -2.04. The van der Waals surface area contributed by atoms with E-state index in [0.29, 0.717) is 34.0 Å². The molecule has 480 valence electrons. The Kier molecular flexibility index (Phi) is 29.5. The van der Waals surface area contributed by atoms with E-state index in [2.05, 4.69) is 52.8 Å². The van der Waals surface area contributed by atoms with Gasteiger partial charge in [-0.3, -0.25) is 62.3 Å². The highest BCUT2D eigenvalue weighted by molar-refractivity contribution is 5.99. The van der Waals surface area contributed by atoms with Crippen LogP contribution in [-0.2, 0) is 86.4 Å². The summed E-state index contributed by atoms with van der Waals surface area (Å²) in [6.07, 6.45) is -3.13. The molecule has 3 aromatic carbocycles. The summed E-state index contributed by atoms with van der Waals surface area (Å²) in [5, 5.41) is 69.5. The van der Waals surface area contributed by atoms with Crippen LogP contribution < -0.4 is 59.3 Å². The molecule has 0 spiro atoms. The summed E-state index contributed by atoms with van der Waals surface area (Å²) in [6, 6.07) is 8.48. The van der Waals surface area contributed by atoms with Crippen molar-refractivity contribution in [1.29, 1.82) is 0 Å². The van der Waals surface area contributed by atoms with Crippen molar-refractivity contribution in [2.45, 2.75) is 131 Å². The maximum absolute atomic E-state index is 14.8. The Morgan fingerprint density at radius 1 is 0.472 bits per heavy atom. The third-order valence-corrected chi connectivity index (χ3v) is 13.6. The Bertz CT molecular complexity index is 3130. The average molecular weight is 1240 g/mol. The Balaban J connectivity index is 1.65. The van der Waals surface area contributed by atoms with E-state index in [9.17, 15) is 87.5 Å². The number of aromatic amines is 1. The molecular weight excluding hydrogens is 1170 g/mol. The summed E-state index contributed by atoms with van der Waals surface area (Å²) in [5.74, 6) is -15.5. The number of rotatable bonds is 40. The molecule has 9 amide bonds. The molecule has 0 fully saturated rings. The third-order valence-electron chi connectivity index (χ3n) is 13.6. The number of hydrogen-bond donors (Lipinski definition) is 17. The van der Waals surface area contributed by atoms with Gasteiger partial charge < -0.3 is 94.6 Å². The highest BCUT2D eigenvalue weighted by atomic mass is 16.4. The Morgan fingerprint density at radius 3 is 1.42 bits per heavy atom. The second-order valence-corrected chi connectivity index (χ2v) is 20.5. The average Bonchev–Trinajstić information content (AvgIpc) is 2.57. The monoisotopic (exact) mass is 1240 g/mol. The van der Waals surface area contributed by atoms with Crippen LogP contribution in [0.3, 0.4) is 0 Å². The number of unbranched alkanes of at least 4 members (excludes halogenated alkanes) is 1. The summed E-state index contributed by atoms with van der Waals surface area (Å²) in [7, 11) is 0. The van der Waals surface area contributed by atoms with Crippen LogP contribution in [0.4, 0.5) is 0 Å².